The quantitative estimate of drug-likeness (QED) is 0.556. The van der Waals surface area contributed by atoms with Crippen molar-refractivity contribution in [2.75, 3.05) is 6.61 Å². The highest BCUT2D eigenvalue weighted by Gasteiger charge is 2.17. The van der Waals surface area contributed by atoms with E-state index in [1.807, 2.05) is 0 Å². The first-order valence-electron chi connectivity index (χ1n) is 9.56. The van der Waals surface area contributed by atoms with Gasteiger partial charge in [0.2, 0.25) is 0 Å². The number of hydrogen-bond acceptors (Lipinski definition) is 1. The van der Waals surface area contributed by atoms with Crippen molar-refractivity contribution in [3.8, 4) is 16.9 Å². The number of aryl methyl sites for hydroxylation is 3. The fraction of sp³-hybridized carbons (Fsp3) is 0.417. The Morgan fingerprint density at radius 3 is 2.32 bits per heavy atom. The van der Waals surface area contributed by atoms with Gasteiger partial charge in [-0.1, -0.05) is 43.3 Å². The van der Waals surface area contributed by atoms with Gasteiger partial charge < -0.3 is 4.74 Å². The summed E-state index contributed by atoms with van der Waals surface area (Å²) < 4.78 is 6.21. The van der Waals surface area contributed by atoms with Crippen molar-refractivity contribution >= 4 is 0 Å². The van der Waals surface area contributed by atoms with Gasteiger partial charge in [-0.25, -0.2) is 0 Å². The maximum absolute atomic E-state index is 6.21. The second kappa shape index (κ2) is 7.91. The van der Waals surface area contributed by atoms with Crippen LogP contribution in [0.3, 0.4) is 0 Å². The van der Waals surface area contributed by atoms with Crippen molar-refractivity contribution in [2.24, 2.45) is 5.92 Å². The van der Waals surface area contributed by atoms with Gasteiger partial charge in [0, 0.05) is 0 Å². The van der Waals surface area contributed by atoms with Gasteiger partial charge in [-0.3, -0.25) is 0 Å². The minimum atomic E-state index is 0.676. The molecular weight excluding hydrogens is 304 g/mol. The third-order valence-electron chi connectivity index (χ3n) is 5.57. The first kappa shape index (κ1) is 17.8. The molecular formula is C24H30O. The Labute approximate surface area is 152 Å². The van der Waals surface area contributed by atoms with Crippen molar-refractivity contribution in [1.82, 2.24) is 0 Å². The Morgan fingerprint density at radius 2 is 1.64 bits per heavy atom. The molecule has 1 aliphatic rings. The van der Waals surface area contributed by atoms with Crippen LogP contribution in [-0.2, 0) is 6.42 Å². The van der Waals surface area contributed by atoms with Gasteiger partial charge in [0.25, 0.3) is 0 Å². The molecule has 3 rings (SSSR count). The van der Waals surface area contributed by atoms with E-state index in [4.69, 9.17) is 4.74 Å². The minimum Gasteiger partial charge on any atom is -0.493 e. The summed E-state index contributed by atoms with van der Waals surface area (Å²) in [5, 5.41) is 0. The van der Waals surface area contributed by atoms with E-state index in [1.165, 1.54) is 59.1 Å². The third kappa shape index (κ3) is 4.34. The van der Waals surface area contributed by atoms with Crippen LogP contribution in [0.25, 0.3) is 11.1 Å². The van der Waals surface area contributed by atoms with Gasteiger partial charge >= 0.3 is 0 Å². The van der Waals surface area contributed by atoms with Crippen LogP contribution in [-0.4, -0.2) is 6.61 Å². The van der Waals surface area contributed by atoms with Crippen LogP contribution in [0.4, 0.5) is 0 Å². The van der Waals surface area contributed by atoms with E-state index in [0.29, 0.717) is 5.92 Å². The van der Waals surface area contributed by atoms with E-state index in [9.17, 15) is 0 Å². The summed E-state index contributed by atoms with van der Waals surface area (Å²) in [6.07, 6.45) is 5.78. The Morgan fingerprint density at radius 1 is 0.960 bits per heavy atom. The second-order valence-electron chi connectivity index (χ2n) is 7.48. The summed E-state index contributed by atoms with van der Waals surface area (Å²) in [5.41, 5.74) is 7.96. The Balaban J connectivity index is 1.73. The van der Waals surface area contributed by atoms with Crippen molar-refractivity contribution in [2.45, 2.75) is 52.9 Å². The molecule has 0 bridgehead atoms. The molecule has 1 saturated carbocycles. The van der Waals surface area contributed by atoms with E-state index in [0.717, 1.165) is 18.8 Å². The predicted octanol–water partition coefficient (Wildman–Crippen LogP) is 6.66. The zero-order valence-electron chi connectivity index (χ0n) is 15.9. The number of rotatable bonds is 5. The van der Waals surface area contributed by atoms with E-state index in [1.54, 1.807) is 0 Å². The first-order valence-corrected chi connectivity index (χ1v) is 9.56. The van der Waals surface area contributed by atoms with Gasteiger partial charge in [-0.2, -0.15) is 0 Å². The maximum Gasteiger partial charge on any atom is 0.122 e. The first-order chi connectivity index (χ1) is 12.1. The average Bonchev–Trinajstić information content (AvgIpc) is 2.63. The number of benzene rings is 2. The average molecular weight is 335 g/mol. The van der Waals surface area contributed by atoms with Crippen molar-refractivity contribution in [3.05, 3.63) is 65.2 Å². The van der Waals surface area contributed by atoms with Crippen LogP contribution in [0, 0.1) is 19.8 Å². The summed E-state index contributed by atoms with van der Waals surface area (Å²) in [4.78, 5) is 0. The van der Waals surface area contributed by atoms with Crippen molar-refractivity contribution in [3.63, 3.8) is 0 Å². The lowest BCUT2D eigenvalue weighted by Crippen LogP contribution is -2.16. The third-order valence-corrected chi connectivity index (χ3v) is 5.57. The molecule has 0 spiro atoms. The smallest absolute Gasteiger partial charge is 0.122 e. The number of allylic oxidation sites excluding steroid dienone is 1. The number of hydrogen-bond donors (Lipinski definition) is 0. The SMILES string of the molecule is C=C1CCC(COc2ccc(-c3ccc(C)c(C)c3)cc2CC)CC1. The summed E-state index contributed by atoms with van der Waals surface area (Å²) in [6.45, 7) is 11.5. The van der Waals surface area contributed by atoms with Gasteiger partial charge in [-0.05, 0) is 91.8 Å². The highest BCUT2D eigenvalue weighted by atomic mass is 16.5. The molecule has 132 valence electrons. The van der Waals surface area contributed by atoms with E-state index in [2.05, 4.69) is 63.7 Å². The molecule has 0 unspecified atom stereocenters. The summed E-state index contributed by atoms with van der Waals surface area (Å²) in [6, 6.07) is 13.3. The molecule has 1 fully saturated rings. The van der Waals surface area contributed by atoms with Crippen LogP contribution in [0.2, 0.25) is 0 Å². The molecule has 0 N–H and O–H groups in total. The predicted molar refractivity (Wildman–Crippen MR) is 107 cm³/mol. The summed E-state index contributed by atoms with van der Waals surface area (Å²) >= 11 is 0. The number of ether oxygens (including phenoxy) is 1. The molecule has 0 aliphatic heterocycles. The highest BCUT2D eigenvalue weighted by molar-refractivity contribution is 5.67. The Kier molecular flexibility index (Phi) is 5.63. The monoisotopic (exact) mass is 334 g/mol. The molecule has 0 amide bonds. The van der Waals surface area contributed by atoms with Gasteiger partial charge in [0.05, 0.1) is 6.61 Å². The van der Waals surface area contributed by atoms with Crippen LogP contribution in [0.5, 0.6) is 5.75 Å². The van der Waals surface area contributed by atoms with Crippen molar-refractivity contribution < 1.29 is 4.74 Å². The zero-order chi connectivity index (χ0) is 17.8. The molecule has 1 heteroatoms. The van der Waals surface area contributed by atoms with Gasteiger partial charge in [-0.15, -0.1) is 0 Å². The molecule has 0 radical (unpaired) electrons. The van der Waals surface area contributed by atoms with Crippen LogP contribution < -0.4 is 4.74 Å². The normalized spacial score (nSPS) is 15.4. The van der Waals surface area contributed by atoms with E-state index >= 15 is 0 Å². The standard InChI is InChI=1S/C24H30O/c1-5-21-15-23(22-11-8-18(3)19(4)14-22)12-13-24(21)25-16-20-9-6-17(2)7-10-20/h8,11-15,20H,2,5-7,9-10,16H2,1,3-4H3. The Bertz CT molecular complexity index is 747. The zero-order valence-corrected chi connectivity index (χ0v) is 15.9. The van der Waals surface area contributed by atoms with Crippen LogP contribution in [0.1, 0.15) is 49.3 Å². The molecule has 0 heterocycles. The summed E-state index contributed by atoms with van der Waals surface area (Å²) in [5.74, 6) is 1.73. The molecule has 25 heavy (non-hydrogen) atoms. The van der Waals surface area contributed by atoms with Crippen LogP contribution in [0.15, 0.2) is 48.6 Å². The lowest BCUT2D eigenvalue weighted by Gasteiger charge is -2.24. The second-order valence-corrected chi connectivity index (χ2v) is 7.48. The maximum atomic E-state index is 6.21. The fourth-order valence-electron chi connectivity index (χ4n) is 3.56. The molecule has 0 saturated heterocycles. The van der Waals surface area contributed by atoms with E-state index in [-0.39, 0.29) is 0 Å². The minimum absolute atomic E-state index is 0.676. The summed E-state index contributed by atoms with van der Waals surface area (Å²) in [7, 11) is 0. The van der Waals surface area contributed by atoms with Gasteiger partial charge in [0.1, 0.15) is 5.75 Å². The molecule has 0 aromatic heterocycles. The van der Waals surface area contributed by atoms with Crippen molar-refractivity contribution in [1.29, 1.82) is 0 Å². The van der Waals surface area contributed by atoms with Crippen LogP contribution >= 0.6 is 0 Å². The molecule has 1 nitrogen and oxygen atoms in total. The van der Waals surface area contributed by atoms with Gasteiger partial charge in [0.15, 0.2) is 0 Å². The Hall–Kier alpha value is -2.02. The fourth-order valence-corrected chi connectivity index (χ4v) is 3.56. The largest absolute Gasteiger partial charge is 0.493 e. The topological polar surface area (TPSA) is 9.23 Å². The molecule has 1 aliphatic carbocycles. The lowest BCUT2D eigenvalue weighted by atomic mass is 9.87. The molecule has 2 aromatic rings. The molecule has 0 atom stereocenters. The van der Waals surface area contributed by atoms with E-state index < -0.39 is 0 Å². The lowest BCUT2D eigenvalue weighted by molar-refractivity contribution is 0.220. The molecule has 2 aromatic carbocycles. The highest BCUT2D eigenvalue weighted by Crippen LogP contribution is 2.31.